The zero-order chi connectivity index (χ0) is 10.2. The molecule has 1 heterocycles. The van der Waals surface area contributed by atoms with E-state index in [1.54, 1.807) is 12.3 Å². The third-order valence-corrected chi connectivity index (χ3v) is 3.13. The molecule has 1 saturated carbocycles. The molecule has 1 aliphatic carbocycles. The molecule has 76 valence electrons. The number of rotatable bonds is 2. The van der Waals surface area contributed by atoms with Gasteiger partial charge < -0.3 is 5.73 Å². The van der Waals surface area contributed by atoms with E-state index in [0.717, 1.165) is 6.42 Å². The molecule has 1 aliphatic heterocycles. The van der Waals surface area contributed by atoms with E-state index in [1.165, 1.54) is 0 Å². The van der Waals surface area contributed by atoms with Crippen LogP contribution in [-0.2, 0) is 4.79 Å². The van der Waals surface area contributed by atoms with E-state index in [4.69, 9.17) is 5.73 Å². The molecule has 2 aliphatic rings. The summed E-state index contributed by atoms with van der Waals surface area (Å²) in [6, 6.07) is 0. The number of amides is 1. The van der Waals surface area contributed by atoms with Crippen molar-refractivity contribution < 1.29 is 9.18 Å². The maximum Gasteiger partial charge on any atom is 0.229 e. The van der Waals surface area contributed by atoms with Crippen molar-refractivity contribution in [3.05, 3.63) is 12.3 Å². The first-order chi connectivity index (χ1) is 6.67. The van der Waals surface area contributed by atoms with Crippen LogP contribution in [0.25, 0.3) is 0 Å². The van der Waals surface area contributed by atoms with Crippen LogP contribution in [0, 0.1) is 5.41 Å². The van der Waals surface area contributed by atoms with Gasteiger partial charge in [-0.05, 0) is 12.8 Å². The molecule has 2 rings (SSSR count). The number of nitrogens with zero attached hydrogens (tertiary/aromatic N) is 1. The Morgan fingerprint density at radius 3 is 2.79 bits per heavy atom. The molecule has 1 atom stereocenters. The predicted molar refractivity (Wildman–Crippen MR) is 51.6 cm³/mol. The highest BCUT2D eigenvalue weighted by Crippen LogP contribution is 2.44. The lowest BCUT2D eigenvalue weighted by Crippen LogP contribution is -2.52. The lowest BCUT2D eigenvalue weighted by molar-refractivity contribution is -0.127. The summed E-state index contributed by atoms with van der Waals surface area (Å²) >= 11 is 0. The van der Waals surface area contributed by atoms with Crippen molar-refractivity contribution in [2.75, 3.05) is 0 Å². The molecule has 0 spiro atoms. The van der Waals surface area contributed by atoms with E-state index in [9.17, 15) is 9.18 Å². The monoisotopic (exact) mass is 196 g/mol. The average molecular weight is 196 g/mol. The summed E-state index contributed by atoms with van der Waals surface area (Å²) in [6.45, 7) is 0. The molecular formula is C10H13FN2O. The zero-order valence-corrected chi connectivity index (χ0v) is 7.87. The number of carbonyl (C=O) groups is 1. The van der Waals surface area contributed by atoms with E-state index in [2.05, 4.69) is 4.99 Å². The Balaban J connectivity index is 2.31. The van der Waals surface area contributed by atoms with Crippen molar-refractivity contribution in [2.24, 2.45) is 16.1 Å². The second kappa shape index (κ2) is 3.19. The number of hydrogen-bond donors (Lipinski definition) is 1. The summed E-state index contributed by atoms with van der Waals surface area (Å²) in [5.41, 5.74) is 4.89. The smallest absolute Gasteiger partial charge is 0.229 e. The summed E-state index contributed by atoms with van der Waals surface area (Å²) in [6.07, 6.45) is 4.64. The summed E-state index contributed by atoms with van der Waals surface area (Å²) in [4.78, 5) is 15.3. The van der Waals surface area contributed by atoms with Crippen LogP contribution < -0.4 is 5.73 Å². The number of alkyl halides is 1. The molecule has 3 nitrogen and oxygen atoms in total. The lowest BCUT2D eigenvalue weighted by Gasteiger charge is -2.41. The van der Waals surface area contributed by atoms with Crippen LogP contribution >= 0.6 is 0 Å². The van der Waals surface area contributed by atoms with Crippen molar-refractivity contribution in [2.45, 2.75) is 31.9 Å². The van der Waals surface area contributed by atoms with Gasteiger partial charge in [-0.1, -0.05) is 12.5 Å². The van der Waals surface area contributed by atoms with Gasteiger partial charge in [0.25, 0.3) is 0 Å². The van der Waals surface area contributed by atoms with Crippen LogP contribution in [0.1, 0.15) is 25.7 Å². The van der Waals surface area contributed by atoms with E-state index >= 15 is 0 Å². The number of allylic oxidation sites excluding steroid dienone is 1. The minimum Gasteiger partial charge on any atom is -0.369 e. The summed E-state index contributed by atoms with van der Waals surface area (Å²) in [7, 11) is 0. The minimum absolute atomic E-state index is 0.313. The normalized spacial score (nSPS) is 29.2. The standard InChI is InChI=1S/C10H13FN2O/c11-7-3-1-6-13-8(7)10(9(12)14)4-2-5-10/h1,6-7H,2-5H2,(H2,12,14). The largest absolute Gasteiger partial charge is 0.369 e. The van der Waals surface area contributed by atoms with Crippen molar-refractivity contribution in [3.8, 4) is 0 Å². The van der Waals surface area contributed by atoms with Gasteiger partial charge in [0.2, 0.25) is 5.91 Å². The number of halogens is 1. The fourth-order valence-electron chi connectivity index (χ4n) is 2.09. The Bertz CT molecular complexity index is 318. The highest BCUT2D eigenvalue weighted by Gasteiger charge is 2.49. The SMILES string of the molecule is NC(=O)C1(C2=NC=CCC2F)CCC1. The highest BCUT2D eigenvalue weighted by atomic mass is 19.1. The maximum absolute atomic E-state index is 13.5. The van der Waals surface area contributed by atoms with Crippen LogP contribution in [-0.4, -0.2) is 17.8 Å². The quantitative estimate of drug-likeness (QED) is 0.711. The topological polar surface area (TPSA) is 55.5 Å². The Labute approximate surface area is 81.9 Å². The number of hydrogen-bond acceptors (Lipinski definition) is 2. The molecule has 0 bridgehead atoms. The van der Waals surface area contributed by atoms with Crippen LogP contribution in [0.3, 0.4) is 0 Å². The van der Waals surface area contributed by atoms with Gasteiger partial charge in [0.05, 0.1) is 11.1 Å². The van der Waals surface area contributed by atoms with E-state index in [0.29, 0.717) is 25.0 Å². The van der Waals surface area contributed by atoms with Crippen LogP contribution in [0.4, 0.5) is 4.39 Å². The maximum atomic E-state index is 13.5. The Morgan fingerprint density at radius 1 is 1.64 bits per heavy atom. The molecule has 1 amide bonds. The van der Waals surface area contributed by atoms with E-state index < -0.39 is 17.5 Å². The Kier molecular flexibility index (Phi) is 2.13. The second-order valence-electron chi connectivity index (χ2n) is 3.90. The molecule has 0 radical (unpaired) electrons. The number of nitrogens with two attached hydrogens (primary N) is 1. The fourth-order valence-corrected chi connectivity index (χ4v) is 2.09. The third kappa shape index (κ3) is 1.17. The van der Waals surface area contributed by atoms with Crippen LogP contribution in [0.2, 0.25) is 0 Å². The van der Waals surface area contributed by atoms with E-state index in [1.807, 2.05) is 0 Å². The molecule has 1 fully saturated rings. The lowest BCUT2D eigenvalue weighted by atomic mass is 9.63. The van der Waals surface area contributed by atoms with Gasteiger partial charge in [-0.3, -0.25) is 9.79 Å². The molecule has 2 N–H and O–H groups in total. The summed E-state index contributed by atoms with van der Waals surface area (Å²) in [5.74, 6) is -0.430. The molecule has 14 heavy (non-hydrogen) atoms. The number of carbonyl (C=O) groups excluding carboxylic acids is 1. The Morgan fingerprint density at radius 2 is 2.36 bits per heavy atom. The molecular weight excluding hydrogens is 183 g/mol. The number of primary amides is 1. The van der Waals surface area contributed by atoms with Gasteiger partial charge in [-0.15, -0.1) is 0 Å². The van der Waals surface area contributed by atoms with Crippen LogP contribution in [0.5, 0.6) is 0 Å². The second-order valence-corrected chi connectivity index (χ2v) is 3.90. The van der Waals surface area contributed by atoms with Gasteiger partial charge in [0.15, 0.2) is 0 Å². The first-order valence-corrected chi connectivity index (χ1v) is 4.84. The first kappa shape index (κ1) is 9.37. The van der Waals surface area contributed by atoms with Crippen molar-refractivity contribution >= 4 is 11.6 Å². The van der Waals surface area contributed by atoms with Crippen molar-refractivity contribution in [1.82, 2.24) is 0 Å². The predicted octanol–water partition coefficient (Wildman–Crippen LogP) is 1.34. The molecule has 4 heteroatoms. The third-order valence-electron chi connectivity index (χ3n) is 3.13. The summed E-state index contributed by atoms with van der Waals surface area (Å²) < 4.78 is 13.5. The Hall–Kier alpha value is -1.19. The highest BCUT2D eigenvalue weighted by molar-refractivity contribution is 6.11. The van der Waals surface area contributed by atoms with Gasteiger partial charge >= 0.3 is 0 Å². The van der Waals surface area contributed by atoms with Crippen LogP contribution in [0.15, 0.2) is 17.3 Å². The molecule has 0 aromatic rings. The van der Waals surface area contributed by atoms with Gasteiger partial charge in [0.1, 0.15) is 6.17 Å². The minimum atomic E-state index is -1.13. The summed E-state index contributed by atoms with van der Waals surface area (Å²) in [5, 5.41) is 0. The van der Waals surface area contributed by atoms with Gasteiger partial charge in [-0.2, -0.15) is 0 Å². The first-order valence-electron chi connectivity index (χ1n) is 4.84. The van der Waals surface area contributed by atoms with E-state index in [-0.39, 0.29) is 0 Å². The average Bonchev–Trinajstić information content (AvgIpc) is 2.05. The van der Waals surface area contributed by atoms with Crippen molar-refractivity contribution in [3.63, 3.8) is 0 Å². The van der Waals surface area contributed by atoms with Gasteiger partial charge in [0, 0.05) is 12.6 Å². The molecule has 0 aromatic heterocycles. The fraction of sp³-hybridized carbons (Fsp3) is 0.600. The zero-order valence-electron chi connectivity index (χ0n) is 7.87. The number of aliphatic imine (C=N–C) groups is 1. The molecule has 0 saturated heterocycles. The molecule has 0 aromatic carbocycles. The molecule has 1 unspecified atom stereocenters. The van der Waals surface area contributed by atoms with Gasteiger partial charge in [-0.25, -0.2) is 4.39 Å². The van der Waals surface area contributed by atoms with Crippen molar-refractivity contribution in [1.29, 1.82) is 0 Å².